The number of nitrogens with one attached hydrogen (secondary N) is 1. The molecular formula is C16H24N2O. The summed E-state index contributed by atoms with van der Waals surface area (Å²) < 4.78 is 0. The van der Waals surface area contributed by atoms with Crippen LogP contribution in [0.4, 0.5) is 5.69 Å². The summed E-state index contributed by atoms with van der Waals surface area (Å²) in [6.07, 6.45) is 3.20. The highest BCUT2D eigenvalue weighted by Crippen LogP contribution is 2.28. The van der Waals surface area contributed by atoms with Gasteiger partial charge in [-0.25, -0.2) is 0 Å². The highest BCUT2D eigenvalue weighted by atomic mass is 16.2. The number of aryl methyl sites for hydroxylation is 1. The average Bonchev–Trinajstić information content (AvgIpc) is 2.37. The van der Waals surface area contributed by atoms with Gasteiger partial charge >= 0.3 is 0 Å². The van der Waals surface area contributed by atoms with Crippen molar-refractivity contribution in [2.45, 2.75) is 46.1 Å². The van der Waals surface area contributed by atoms with Crippen LogP contribution >= 0.6 is 0 Å². The van der Waals surface area contributed by atoms with Crippen LogP contribution in [0.5, 0.6) is 0 Å². The van der Waals surface area contributed by atoms with Crippen molar-refractivity contribution in [3.8, 4) is 0 Å². The lowest BCUT2D eigenvalue weighted by Gasteiger charge is -2.29. The van der Waals surface area contributed by atoms with E-state index in [1.54, 1.807) is 6.92 Å². The first kappa shape index (κ1) is 14.1. The molecule has 1 amide bonds. The van der Waals surface area contributed by atoms with Gasteiger partial charge in [0.2, 0.25) is 5.91 Å². The van der Waals surface area contributed by atoms with Gasteiger partial charge in [-0.15, -0.1) is 0 Å². The van der Waals surface area contributed by atoms with Gasteiger partial charge in [-0.2, -0.15) is 0 Å². The smallest absolute Gasteiger partial charge is 0.223 e. The fraction of sp³-hybridized carbons (Fsp3) is 0.562. The summed E-state index contributed by atoms with van der Waals surface area (Å²) in [6.45, 7) is 7.84. The van der Waals surface area contributed by atoms with E-state index in [-0.39, 0.29) is 5.91 Å². The maximum Gasteiger partial charge on any atom is 0.223 e. The first-order valence-electron chi connectivity index (χ1n) is 7.21. The topological polar surface area (TPSA) is 32.3 Å². The number of hydrogen-bond acceptors (Lipinski definition) is 2. The number of anilines is 1. The molecule has 0 aliphatic carbocycles. The number of rotatable bonds is 4. The van der Waals surface area contributed by atoms with E-state index in [1.807, 2.05) is 4.90 Å². The van der Waals surface area contributed by atoms with Crippen LogP contribution in [-0.2, 0) is 17.6 Å². The molecule has 1 N–H and O–H groups in total. The van der Waals surface area contributed by atoms with Gasteiger partial charge in [0.1, 0.15) is 0 Å². The molecular weight excluding hydrogens is 236 g/mol. The highest BCUT2D eigenvalue weighted by molar-refractivity contribution is 5.92. The molecule has 3 heteroatoms. The molecule has 0 saturated carbocycles. The van der Waals surface area contributed by atoms with E-state index in [4.69, 9.17) is 0 Å². The summed E-state index contributed by atoms with van der Waals surface area (Å²) in [5.74, 6) is 0.148. The minimum Gasteiger partial charge on any atom is -0.314 e. The van der Waals surface area contributed by atoms with Crippen molar-refractivity contribution in [3.63, 3.8) is 0 Å². The molecule has 0 atom stereocenters. The maximum absolute atomic E-state index is 11.6. The summed E-state index contributed by atoms with van der Waals surface area (Å²) in [5, 5.41) is 3.44. The molecule has 3 nitrogen and oxygen atoms in total. The Bertz CT molecular complexity index is 454. The highest BCUT2D eigenvalue weighted by Gasteiger charge is 2.19. The Labute approximate surface area is 116 Å². The minimum absolute atomic E-state index is 0.148. The van der Waals surface area contributed by atoms with Crippen molar-refractivity contribution in [3.05, 3.63) is 29.3 Å². The fourth-order valence-electron chi connectivity index (χ4n) is 2.64. The first-order valence-corrected chi connectivity index (χ1v) is 7.21. The molecule has 0 saturated heterocycles. The molecule has 0 radical (unpaired) electrons. The molecule has 2 rings (SSSR count). The summed E-state index contributed by atoms with van der Waals surface area (Å²) in [5.41, 5.74) is 3.79. The molecule has 0 bridgehead atoms. The summed E-state index contributed by atoms with van der Waals surface area (Å²) in [4.78, 5) is 13.5. The van der Waals surface area contributed by atoms with E-state index in [9.17, 15) is 4.79 Å². The number of hydrogen-bond donors (Lipinski definition) is 1. The second-order valence-corrected chi connectivity index (χ2v) is 5.60. The minimum atomic E-state index is 0.148. The molecule has 1 aromatic carbocycles. The molecule has 0 fully saturated rings. The van der Waals surface area contributed by atoms with Crippen molar-refractivity contribution in [1.29, 1.82) is 0 Å². The number of carbonyl (C=O) groups excluding carboxylic acids is 1. The predicted molar refractivity (Wildman–Crippen MR) is 79.6 cm³/mol. The van der Waals surface area contributed by atoms with Crippen molar-refractivity contribution in [1.82, 2.24) is 5.32 Å². The van der Waals surface area contributed by atoms with Crippen LogP contribution in [0.25, 0.3) is 0 Å². The van der Waals surface area contributed by atoms with Gasteiger partial charge in [0.15, 0.2) is 0 Å². The van der Waals surface area contributed by atoms with Crippen LogP contribution < -0.4 is 10.2 Å². The van der Waals surface area contributed by atoms with Crippen LogP contribution in [0.3, 0.4) is 0 Å². The number of nitrogens with zero attached hydrogens (tertiary/aromatic N) is 1. The first-order chi connectivity index (χ1) is 9.08. The van der Waals surface area contributed by atoms with Crippen LogP contribution in [0.2, 0.25) is 0 Å². The maximum atomic E-state index is 11.6. The molecule has 0 aromatic heterocycles. The number of fused-ring (bicyclic) bond motifs is 1. The monoisotopic (exact) mass is 260 g/mol. The molecule has 0 spiro atoms. The molecule has 1 aromatic rings. The lowest BCUT2D eigenvalue weighted by Crippen LogP contribution is -2.33. The second kappa shape index (κ2) is 6.20. The van der Waals surface area contributed by atoms with Crippen LogP contribution in [-0.4, -0.2) is 25.0 Å². The number of carbonyl (C=O) groups is 1. The fourth-order valence-corrected chi connectivity index (χ4v) is 2.64. The third-order valence-electron chi connectivity index (χ3n) is 3.61. The quantitative estimate of drug-likeness (QED) is 0.902. The van der Waals surface area contributed by atoms with Gasteiger partial charge < -0.3 is 10.2 Å². The standard InChI is InChI=1S/C16H24N2O/c1-12(2)17-9-8-14-6-7-16-15(11-14)5-4-10-18(16)13(3)19/h6-7,11-12,17H,4-5,8-10H2,1-3H3. The molecule has 1 heterocycles. The van der Waals surface area contributed by atoms with Crippen molar-refractivity contribution >= 4 is 11.6 Å². The Morgan fingerprint density at radius 3 is 2.89 bits per heavy atom. The summed E-state index contributed by atoms with van der Waals surface area (Å²) in [6, 6.07) is 7.07. The van der Waals surface area contributed by atoms with Gasteiger partial charge in [-0.3, -0.25) is 4.79 Å². The zero-order chi connectivity index (χ0) is 13.8. The van der Waals surface area contributed by atoms with E-state index < -0.39 is 0 Å². The van der Waals surface area contributed by atoms with Crippen molar-refractivity contribution in [2.24, 2.45) is 0 Å². The molecule has 19 heavy (non-hydrogen) atoms. The molecule has 1 aliphatic heterocycles. The van der Waals surface area contributed by atoms with Gasteiger partial charge in [0.25, 0.3) is 0 Å². The normalized spacial score (nSPS) is 14.6. The van der Waals surface area contributed by atoms with Gasteiger partial charge in [-0.05, 0) is 43.0 Å². The Morgan fingerprint density at radius 2 is 2.21 bits per heavy atom. The van der Waals surface area contributed by atoms with Crippen molar-refractivity contribution in [2.75, 3.05) is 18.0 Å². The van der Waals surface area contributed by atoms with Crippen molar-refractivity contribution < 1.29 is 4.79 Å². The molecule has 0 unspecified atom stereocenters. The Balaban J connectivity index is 2.08. The van der Waals surface area contributed by atoms with E-state index in [0.29, 0.717) is 6.04 Å². The Hall–Kier alpha value is -1.35. The van der Waals surface area contributed by atoms with E-state index in [1.165, 1.54) is 11.1 Å². The Morgan fingerprint density at radius 1 is 1.42 bits per heavy atom. The summed E-state index contributed by atoms with van der Waals surface area (Å²) >= 11 is 0. The van der Waals surface area contributed by atoms with Crippen LogP contribution in [0, 0.1) is 0 Å². The van der Waals surface area contributed by atoms with Gasteiger partial charge in [0.05, 0.1) is 0 Å². The van der Waals surface area contributed by atoms with E-state index >= 15 is 0 Å². The zero-order valence-electron chi connectivity index (χ0n) is 12.2. The van der Waals surface area contributed by atoms with Gasteiger partial charge in [-0.1, -0.05) is 26.0 Å². The molecule has 1 aliphatic rings. The largest absolute Gasteiger partial charge is 0.314 e. The molecule has 104 valence electrons. The lowest BCUT2D eigenvalue weighted by molar-refractivity contribution is -0.116. The van der Waals surface area contributed by atoms with Crippen LogP contribution in [0.15, 0.2) is 18.2 Å². The lowest BCUT2D eigenvalue weighted by atomic mass is 9.98. The second-order valence-electron chi connectivity index (χ2n) is 5.60. The predicted octanol–water partition coefficient (Wildman–Crippen LogP) is 2.53. The average molecular weight is 260 g/mol. The van der Waals surface area contributed by atoms with E-state index in [2.05, 4.69) is 37.4 Å². The van der Waals surface area contributed by atoms with Crippen LogP contribution in [0.1, 0.15) is 38.3 Å². The third-order valence-corrected chi connectivity index (χ3v) is 3.61. The Kier molecular flexibility index (Phi) is 4.59. The van der Waals surface area contributed by atoms with E-state index in [0.717, 1.165) is 38.0 Å². The summed E-state index contributed by atoms with van der Waals surface area (Å²) in [7, 11) is 0. The third kappa shape index (κ3) is 3.57. The van der Waals surface area contributed by atoms with Gasteiger partial charge in [0, 0.05) is 25.2 Å². The number of benzene rings is 1. The SMILES string of the molecule is CC(=O)N1CCCc2cc(CCNC(C)C)ccc21. The zero-order valence-corrected chi connectivity index (χ0v) is 12.2. The number of amides is 1.